The molecule has 2 aromatic heterocycles. The zero-order valence-electron chi connectivity index (χ0n) is 14.7. The van der Waals surface area contributed by atoms with E-state index >= 15 is 0 Å². The molecule has 2 aromatic carbocycles. The number of pyridine rings is 1. The second-order valence-electron chi connectivity index (χ2n) is 6.29. The molecule has 4 rings (SSSR count). The predicted molar refractivity (Wildman–Crippen MR) is 110 cm³/mol. The molecule has 0 fully saturated rings. The van der Waals surface area contributed by atoms with Crippen molar-refractivity contribution >= 4 is 27.3 Å². The van der Waals surface area contributed by atoms with Crippen LogP contribution in [0, 0.1) is 13.5 Å². The predicted octanol–water partition coefficient (Wildman–Crippen LogP) is 6.20. The summed E-state index contributed by atoms with van der Waals surface area (Å²) in [6, 6.07) is 17.5. The van der Waals surface area contributed by atoms with Gasteiger partial charge in [-0.25, -0.2) is 9.83 Å². The zero-order chi connectivity index (χ0) is 18.8. The molecule has 0 aliphatic heterocycles. The van der Waals surface area contributed by atoms with E-state index in [2.05, 4.69) is 31.8 Å². The van der Waals surface area contributed by atoms with Gasteiger partial charge in [0.25, 0.3) is 0 Å². The topological polar surface area (TPSA) is 30.9 Å². The van der Waals surface area contributed by atoms with Crippen LogP contribution >= 0.6 is 15.9 Å². The van der Waals surface area contributed by atoms with Crippen LogP contribution in [-0.4, -0.2) is 9.38 Å². The van der Waals surface area contributed by atoms with Gasteiger partial charge in [0.2, 0.25) is 0 Å². The van der Waals surface area contributed by atoms with Crippen LogP contribution in [-0.2, 0) is 6.61 Å². The Morgan fingerprint density at radius 2 is 1.89 bits per heavy atom. The summed E-state index contributed by atoms with van der Waals surface area (Å²) >= 11 is 3.48. The van der Waals surface area contributed by atoms with Crippen LogP contribution in [0.15, 0.2) is 71.5 Å². The number of hydrogen-bond donors (Lipinski definition) is 0. The highest BCUT2D eigenvalue weighted by atomic mass is 79.9. The van der Waals surface area contributed by atoms with Gasteiger partial charge in [0.05, 0.1) is 12.3 Å². The van der Waals surface area contributed by atoms with Gasteiger partial charge in [-0.1, -0.05) is 24.3 Å². The van der Waals surface area contributed by atoms with Crippen molar-refractivity contribution in [3.05, 3.63) is 94.0 Å². The van der Waals surface area contributed by atoms with Crippen LogP contribution < -0.4 is 4.74 Å². The molecule has 132 valence electrons. The van der Waals surface area contributed by atoms with Gasteiger partial charge >= 0.3 is 0 Å². The van der Waals surface area contributed by atoms with Crippen molar-refractivity contribution in [2.45, 2.75) is 13.5 Å². The number of ether oxygens (including phenoxy) is 1. The van der Waals surface area contributed by atoms with Crippen molar-refractivity contribution in [1.82, 2.24) is 9.38 Å². The van der Waals surface area contributed by atoms with E-state index in [0.29, 0.717) is 12.3 Å². The maximum atomic E-state index is 7.00. The summed E-state index contributed by atoms with van der Waals surface area (Å²) in [4.78, 5) is 8.08. The van der Waals surface area contributed by atoms with Gasteiger partial charge in [-0.3, -0.25) is 0 Å². The summed E-state index contributed by atoms with van der Waals surface area (Å²) in [5.41, 5.74) is 5.63. The third-order valence-electron chi connectivity index (χ3n) is 4.35. The number of nitrogens with zero attached hydrogens (tertiary/aromatic N) is 3. The zero-order valence-corrected chi connectivity index (χ0v) is 16.3. The van der Waals surface area contributed by atoms with Crippen LogP contribution in [0.1, 0.15) is 11.1 Å². The summed E-state index contributed by atoms with van der Waals surface area (Å²) in [7, 11) is 0. The van der Waals surface area contributed by atoms with E-state index < -0.39 is 0 Å². The molecule has 0 saturated carbocycles. The second-order valence-corrected chi connectivity index (χ2v) is 7.20. The molecule has 0 radical (unpaired) electrons. The quantitative estimate of drug-likeness (QED) is 0.370. The van der Waals surface area contributed by atoms with E-state index in [4.69, 9.17) is 11.3 Å². The highest BCUT2D eigenvalue weighted by Gasteiger charge is 2.08. The fraction of sp³-hybridized carbons (Fsp3) is 0.0909. The molecule has 4 nitrogen and oxygen atoms in total. The van der Waals surface area contributed by atoms with Crippen molar-refractivity contribution in [1.29, 1.82) is 0 Å². The molecule has 0 spiro atoms. The lowest BCUT2D eigenvalue weighted by molar-refractivity contribution is 0.304. The fourth-order valence-electron chi connectivity index (χ4n) is 2.90. The maximum Gasteiger partial charge on any atom is 0.187 e. The van der Waals surface area contributed by atoms with E-state index in [9.17, 15) is 0 Å². The Morgan fingerprint density at radius 1 is 1.07 bits per heavy atom. The standard InChI is InChI=1S/C22H16BrN3O/c1-15-11-17(20-13-26-12-18(23)6-10-22(26)25-20)5-9-21(15)27-14-16-3-7-19(24-2)8-4-16/h3-13H,14H2,1H3. The van der Waals surface area contributed by atoms with Gasteiger partial charge in [-0.15, -0.1) is 0 Å². The molecule has 5 heteroatoms. The Balaban J connectivity index is 1.53. The summed E-state index contributed by atoms with van der Waals surface area (Å²) in [6.45, 7) is 9.51. The van der Waals surface area contributed by atoms with E-state index in [1.54, 1.807) is 0 Å². The smallest absolute Gasteiger partial charge is 0.187 e. The number of benzene rings is 2. The third-order valence-corrected chi connectivity index (χ3v) is 4.81. The number of aryl methyl sites for hydroxylation is 1. The van der Waals surface area contributed by atoms with Crippen LogP contribution in [0.4, 0.5) is 5.69 Å². The van der Waals surface area contributed by atoms with Gasteiger partial charge in [0.15, 0.2) is 5.69 Å². The highest BCUT2D eigenvalue weighted by molar-refractivity contribution is 9.10. The number of aromatic nitrogens is 2. The normalized spacial score (nSPS) is 10.7. The van der Waals surface area contributed by atoms with Crippen molar-refractivity contribution in [2.24, 2.45) is 0 Å². The molecule has 0 N–H and O–H groups in total. The molecular formula is C22H16BrN3O. The molecule has 27 heavy (non-hydrogen) atoms. The average Bonchev–Trinajstić information content (AvgIpc) is 3.10. The third kappa shape index (κ3) is 3.71. The summed E-state index contributed by atoms with van der Waals surface area (Å²) in [5.74, 6) is 0.847. The van der Waals surface area contributed by atoms with Crippen molar-refractivity contribution < 1.29 is 4.74 Å². The first-order chi connectivity index (χ1) is 13.1. The van der Waals surface area contributed by atoms with Gasteiger partial charge in [0, 0.05) is 22.4 Å². The Kier molecular flexibility index (Phi) is 4.66. The molecule has 0 unspecified atom stereocenters. The van der Waals surface area contributed by atoms with Crippen LogP contribution in [0.5, 0.6) is 5.75 Å². The highest BCUT2D eigenvalue weighted by Crippen LogP contribution is 2.27. The van der Waals surface area contributed by atoms with Gasteiger partial charge < -0.3 is 9.14 Å². The molecule has 0 aliphatic carbocycles. The molecular weight excluding hydrogens is 402 g/mol. The minimum Gasteiger partial charge on any atom is -0.489 e. The Labute approximate surface area is 166 Å². The molecule has 0 saturated heterocycles. The molecule has 0 atom stereocenters. The van der Waals surface area contributed by atoms with Crippen molar-refractivity contribution in [2.75, 3.05) is 0 Å². The number of rotatable bonds is 4. The number of imidazole rings is 1. The number of fused-ring (bicyclic) bond motifs is 1. The Hall–Kier alpha value is -3.10. The minimum absolute atomic E-state index is 0.473. The van der Waals surface area contributed by atoms with Crippen molar-refractivity contribution in [3.8, 4) is 17.0 Å². The van der Waals surface area contributed by atoms with E-state index in [1.165, 1.54) is 0 Å². The Bertz CT molecular complexity index is 1160. The van der Waals surface area contributed by atoms with E-state index in [-0.39, 0.29) is 0 Å². The van der Waals surface area contributed by atoms with Gasteiger partial charge in [-0.2, -0.15) is 0 Å². The van der Waals surface area contributed by atoms with Crippen molar-refractivity contribution in [3.63, 3.8) is 0 Å². The molecule has 0 bridgehead atoms. The van der Waals surface area contributed by atoms with Crippen LogP contribution in [0.3, 0.4) is 0 Å². The maximum absolute atomic E-state index is 7.00. The first-order valence-corrected chi connectivity index (χ1v) is 9.26. The lowest BCUT2D eigenvalue weighted by atomic mass is 10.1. The molecule has 0 aliphatic rings. The Morgan fingerprint density at radius 3 is 2.63 bits per heavy atom. The summed E-state index contributed by atoms with van der Waals surface area (Å²) in [6.07, 6.45) is 4.02. The molecule has 4 aromatic rings. The molecule has 2 heterocycles. The fourth-order valence-corrected chi connectivity index (χ4v) is 3.25. The molecule has 0 amide bonds. The van der Waals surface area contributed by atoms with Crippen LogP contribution in [0.2, 0.25) is 0 Å². The van der Waals surface area contributed by atoms with E-state index in [0.717, 1.165) is 38.3 Å². The largest absolute Gasteiger partial charge is 0.489 e. The number of halogens is 1. The summed E-state index contributed by atoms with van der Waals surface area (Å²) < 4.78 is 8.98. The second kappa shape index (κ2) is 7.26. The monoisotopic (exact) mass is 417 g/mol. The van der Waals surface area contributed by atoms with E-state index in [1.807, 2.05) is 72.2 Å². The lowest BCUT2D eigenvalue weighted by Gasteiger charge is -2.10. The SMILES string of the molecule is [C-]#[N+]c1ccc(COc2ccc(-c3cn4cc(Br)ccc4n3)cc2C)cc1. The first-order valence-electron chi connectivity index (χ1n) is 8.47. The average molecular weight is 418 g/mol. The van der Waals surface area contributed by atoms with Gasteiger partial charge in [-0.05, 0) is 64.3 Å². The summed E-state index contributed by atoms with van der Waals surface area (Å²) in [5, 5.41) is 0. The minimum atomic E-state index is 0.473. The first kappa shape index (κ1) is 17.3. The van der Waals surface area contributed by atoms with Gasteiger partial charge in [0.1, 0.15) is 18.0 Å². The number of hydrogen-bond acceptors (Lipinski definition) is 2. The van der Waals surface area contributed by atoms with Crippen LogP contribution in [0.25, 0.3) is 21.7 Å². The lowest BCUT2D eigenvalue weighted by Crippen LogP contribution is -1.97.